The normalized spacial score (nSPS) is 11.8. The molecule has 3 aromatic rings. The van der Waals surface area contributed by atoms with Gasteiger partial charge in [-0.25, -0.2) is 4.39 Å². The molecule has 0 aliphatic rings. The van der Waals surface area contributed by atoms with Gasteiger partial charge in [-0.1, -0.05) is 91.6 Å². The van der Waals surface area contributed by atoms with Gasteiger partial charge in [0.1, 0.15) is 11.9 Å². The van der Waals surface area contributed by atoms with Gasteiger partial charge in [0.05, 0.1) is 16.5 Å². The van der Waals surface area contributed by atoms with Gasteiger partial charge in [0, 0.05) is 19.5 Å². The molecule has 0 aromatic heterocycles. The summed E-state index contributed by atoms with van der Waals surface area (Å²) in [4.78, 5) is 28.5. The Balaban J connectivity index is 1.98. The van der Waals surface area contributed by atoms with E-state index in [-0.39, 0.29) is 36.3 Å². The number of amides is 2. The molecule has 184 valence electrons. The second-order valence-electron chi connectivity index (χ2n) is 8.88. The minimum absolute atomic E-state index is 0.122. The van der Waals surface area contributed by atoms with Crippen molar-refractivity contribution in [3.63, 3.8) is 0 Å². The summed E-state index contributed by atoms with van der Waals surface area (Å²) in [6, 6.07) is 20.0. The molecular weight excluding hydrogens is 486 g/mol. The van der Waals surface area contributed by atoms with Gasteiger partial charge in [0.15, 0.2) is 0 Å². The van der Waals surface area contributed by atoms with E-state index in [1.54, 1.807) is 36.4 Å². The van der Waals surface area contributed by atoms with Crippen LogP contribution in [0.2, 0.25) is 10.0 Å². The van der Waals surface area contributed by atoms with Crippen LogP contribution in [0.15, 0.2) is 72.8 Å². The lowest BCUT2D eigenvalue weighted by atomic mass is 10.0. The summed E-state index contributed by atoms with van der Waals surface area (Å²) in [5.74, 6) is -0.834. The Kier molecular flexibility index (Phi) is 9.70. The molecule has 0 saturated carbocycles. The van der Waals surface area contributed by atoms with E-state index in [0.29, 0.717) is 23.0 Å². The molecule has 0 heterocycles. The molecule has 7 heteroatoms. The third-order valence-electron chi connectivity index (χ3n) is 5.59. The first-order valence-corrected chi connectivity index (χ1v) is 12.3. The maximum atomic E-state index is 14.4. The quantitative estimate of drug-likeness (QED) is 0.356. The van der Waals surface area contributed by atoms with Gasteiger partial charge >= 0.3 is 0 Å². The smallest absolute Gasteiger partial charge is 0.243 e. The van der Waals surface area contributed by atoms with Crippen molar-refractivity contribution < 1.29 is 14.0 Å². The predicted molar refractivity (Wildman–Crippen MR) is 139 cm³/mol. The van der Waals surface area contributed by atoms with Crippen molar-refractivity contribution in [2.24, 2.45) is 5.92 Å². The summed E-state index contributed by atoms with van der Waals surface area (Å²) in [7, 11) is 0. The summed E-state index contributed by atoms with van der Waals surface area (Å²) in [5.41, 5.74) is 1.91. The van der Waals surface area contributed by atoms with Crippen molar-refractivity contribution in [3.8, 4) is 0 Å². The second-order valence-corrected chi connectivity index (χ2v) is 9.70. The van der Waals surface area contributed by atoms with Gasteiger partial charge in [-0.15, -0.1) is 0 Å². The van der Waals surface area contributed by atoms with Crippen molar-refractivity contribution in [2.75, 3.05) is 6.54 Å². The molecule has 35 heavy (non-hydrogen) atoms. The molecule has 0 bridgehead atoms. The molecule has 4 nitrogen and oxygen atoms in total. The maximum Gasteiger partial charge on any atom is 0.243 e. The van der Waals surface area contributed by atoms with Crippen molar-refractivity contribution in [1.82, 2.24) is 10.2 Å². The van der Waals surface area contributed by atoms with Crippen LogP contribution in [-0.2, 0) is 29.0 Å². The molecule has 0 saturated heterocycles. The minimum atomic E-state index is -0.801. The summed E-state index contributed by atoms with van der Waals surface area (Å²) in [5, 5.41) is 3.72. The highest BCUT2D eigenvalue weighted by molar-refractivity contribution is 6.42. The Labute approximate surface area is 216 Å². The Morgan fingerprint density at radius 3 is 2.26 bits per heavy atom. The lowest BCUT2D eigenvalue weighted by Gasteiger charge is -2.32. The maximum absolute atomic E-state index is 14.4. The molecular formula is C28H29Cl2FN2O2. The molecule has 1 N–H and O–H groups in total. The number of halogens is 3. The Morgan fingerprint density at radius 1 is 0.914 bits per heavy atom. The van der Waals surface area contributed by atoms with Gasteiger partial charge in [-0.05, 0) is 40.8 Å². The number of hydrogen-bond donors (Lipinski definition) is 1. The highest BCUT2D eigenvalue weighted by Gasteiger charge is 2.31. The minimum Gasteiger partial charge on any atom is -0.354 e. The van der Waals surface area contributed by atoms with Crippen LogP contribution in [0.1, 0.15) is 30.5 Å². The van der Waals surface area contributed by atoms with Crippen LogP contribution in [0.25, 0.3) is 0 Å². The van der Waals surface area contributed by atoms with Crippen molar-refractivity contribution >= 4 is 35.0 Å². The molecule has 0 unspecified atom stereocenters. The van der Waals surface area contributed by atoms with Gasteiger partial charge in [0.2, 0.25) is 11.8 Å². The van der Waals surface area contributed by atoms with E-state index >= 15 is 0 Å². The fourth-order valence-electron chi connectivity index (χ4n) is 3.72. The van der Waals surface area contributed by atoms with Crippen LogP contribution in [0.3, 0.4) is 0 Å². The van der Waals surface area contributed by atoms with E-state index in [4.69, 9.17) is 23.2 Å². The molecule has 0 spiro atoms. The molecule has 0 fully saturated rings. The highest BCUT2D eigenvalue weighted by Crippen LogP contribution is 2.25. The van der Waals surface area contributed by atoms with Crippen molar-refractivity contribution in [3.05, 3.63) is 105 Å². The highest BCUT2D eigenvalue weighted by atomic mass is 35.5. The van der Waals surface area contributed by atoms with Crippen molar-refractivity contribution in [1.29, 1.82) is 0 Å². The van der Waals surface area contributed by atoms with E-state index in [1.807, 2.05) is 44.2 Å². The zero-order valence-electron chi connectivity index (χ0n) is 19.8. The van der Waals surface area contributed by atoms with E-state index in [1.165, 1.54) is 11.0 Å². The van der Waals surface area contributed by atoms with Gasteiger partial charge < -0.3 is 10.2 Å². The van der Waals surface area contributed by atoms with E-state index in [9.17, 15) is 14.0 Å². The summed E-state index contributed by atoms with van der Waals surface area (Å²) in [6.45, 7) is 4.61. The van der Waals surface area contributed by atoms with E-state index in [0.717, 1.165) is 11.1 Å². The molecule has 0 radical (unpaired) electrons. The fourth-order valence-corrected chi connectivity index (χ4v) is 4.04. The van der Waals surface area contributed by atoms with Gasteiger partial charge in [-0.3, -0.25) is 9.59 Å². The first kappa shape index (κ1) is 26.7. The van der Waals surface area contributed by atoms with Crippen LogP contribution in [0, 0.1) is 11.7 Å². The lowest BCUT2D eigenvalue weighted by molar-refractivity contribution is -0.140. The topological polar surface area (TPSA) is 49.4 Å². The fraction of sp³-hybridized carbons (Fsp3) is 0.286. The second kappa shape index (κ2) is 12.7. The molecule has 0 aliphatic carbocycles. The van der Waals surface area contributed by atoms with Gasteiger partial charge in [-0.2, -0.15) is 0 Å². The molecule has 1 atom stereocenters. The largest absolute Gasteiger partial charge is 0.354 e. The summed E-state index contributed by atoms with van der Waals surface area (Å²) >= 11 is 12.3. The van der Waals surface area contributed by atoms with Crippen LogP contribution in [0.5, 0.6) is 0 Å². The first-order chi connectivity index (χ1) is 16.7. The first-order valence-electron chi connectivity index (χ1n) is 11.5. The number of hydrogen-bond acceptors (Lipinski definition) is 2. The van der Waals surface area contributed by atoms with Gasteiger partial charge in [0.25, 0.3) is 0 Å². The third-order valence-corrected chi connectivity index (χ3v) is 6.33. The van der Waals surface area contributed by atoms with Crippen LogP contribution >= 0.6 is 23.2 Å². The van der Waals surface area contributed by atoms with E-state index < -0.39 is 11.9 Å². The SMILES string of the molecule is CC(C)CNC(=O)[C@@H](Cc1ccccc1)N(Cc1ccc(Cl)c(Cl)c1)C(=O)Cc1ccccc1F. The zero-order valence-corrected chi connectivity index (χ0v) is 21.3. The predicted octanol–water partition coefficient (Wildman–Crippen LogP) is 6.09. The average Bonchev–Trinajstić information content (AvgIpc) is 2.84. The summed E-state index contributed by atoms with van der Waals surface area (Å²) < 4.78 is 14.4. The molecule has 3 rings (SSSR count). The molecule has 0 aliphatic heterocycles. The lowest BCUT2D eigenvalue weighted by Crippen LogP contribution is -2.51. The average molecular weight is 515 g/mol. The van der Waals surface area contributed by atoms with Crippen LogP contribution in [-0.4, -0.2) is 29.3 Å². The molecule has 2 amide bonds. The zero-order chi connectivity index (χ0) is 25.4. The standard InChI is InChI=1S/C28H29Cl2FN2O2/c1-19(2)17-32-28(35)26(15-20-8-4-3-5-9-20)33(18-21-12-13-23(29)24(30)14-21)27(34)16-22-10-6-7-11-25(22)31/h3-14,19,26H,15-18H2,1-2H3,(H,32,35)/t26-/m1/s1. The Hall–Kier alpha value is -2.89. The van der Waals surface area contributed by atoms with Crippen LogP contribution < -0.4 is 5.32 Å². The van der Waals surface area contributed by atoms with Crippen molar-refractivity contribution in [2.45, 2.75) is 39.3 Å². The number of carbonyl (C=O) groups excluding carboxylic acids is 2. The van der Waals surface area contributed by atoms with E-state index in [2.05, 4.69) is 5.32 Å². The number of nitrogens with one attached hydrogen (secondary N) is 1. The Morgan fingerprint density at radius 2 is 1.60 bits per heavy atom. The number of rotatable bonds is 10. The molecule has 3 aromatic carbocycles. The Bertz CT molecular complexity index is 1150. The van der Waals surface area contributed by atoms with Crippen LogP contribution in [0.4, 0.5) is 4.39 Å². The number of carbonyl (C=O) groups is 2. The number of nitrogens with zero attached hydrogens (tertiary/aromatic N) is 1. The summed E-state index contributed by atoms with van der Waals surface area (Å²) in [6.07, 6.45) is 0.145. The monoisotopic (exact) mass is 514 g/mol. The number of benzene rings is 3. The third kappa shape index (κ3) is 7.81.